The quantitative estimate of drug-likeness (QED) is 0.539. The summed E-state index contributed by atoms with van der Waals surface area (Å²) in [5.41, 5.74) is -1.26. The maximum absolute atomic E-state index is 14.1. The van der Waals surface area contributed by atoms with Gasteiger partial charge in [-0.25, -0.2) is 18.2 Å². The average molecular weight is 381 g/mol. The molecule has 0 amide bonds. The van der Waals surface area contributed by atoms with Crippen LogP contribution in [-0.4, -0.2) is 27.3 Å². The van der Waals surface area contributed by atoms with Crippen LogP contribution in [0.1, 0.15) is 0 Å². The minimum atomic E-state index is -4.62. The highest BCUT2D eigenvalue weighted by molar-refractivity contribution is 6.33. The zero-order chi connectivity index (χ0) is 18.4. The van der Waals surface area contributed by atoms with Crippen LogP contribution in [0.4, 0.5) is 32.2 Å². The second-order valence-electron chi connectivity index (χ2n) is 4.94. The van der Waals surface area contributed by atoms with Gasteiger partial charge in [0, 0.05) is 18.2 Å². The molecule has 3 aromatic rings. The first-order chi connectivity index (χ1) is 11.7. The van der Waals surface area contributed by atoms with E-state index in [0.717, 1.165) is 4.52 Å². The van der Waals surface area contributed by atoms with E-state index >= 15 is 0 Å². The van der Waals surface area contributed by atoms with E-state index in [1.54, 1.807) is 0 Å². The van der Waals surface area contributed by atoms with Crippen molar-refractivity contribution in [1.82, 2.24) is 14.6 Å². The molecule has 0 spiro atoms. The van der Waals surface area contributed by atoms with Crippen LogP contribution >= 0.6 is 11.6 Å². The molecule has 0 atom stereocenters. The molecule has 0 bridgehead atoms. The van der Waals surface area contributed by atoms with Gasteiger partial charge in [0.25, 0.3) is 0 Å². The number of benzene rings is 1. The summed E-state index contributed by atoms with van der Waals surface area (Å²) in [6.45, 7) is -1.51. The number of aromatic nitrogens is 3. The van der Waals surface area contributed by atoms with Gasteiger partial charge in [0.2, 0.25) is 0 Å². The first-order valence-electron chi connectivity index (χ1n) is 6.66. The van der Waals surface area contributed by atoms with Crippen LogP contribution in [0.25, 0.3) is 16.8 Å². The Kier molecular flexibility index (Phi) is 4.23. The number of fused-ring (bicyclic) bond motifs is 1. The number of halogens is 7. The van der Waals surface area contributed by atoms with Crippen LogP contribution in [-0.2, 0) is 0 Å². The molecule has 3 rings (SSSR count). The first kappa shape index (κ1) is 17.3. The molecule has 0 saturated heterocycles. The number of anilines is 1. The van der Waals surface area contributed by atoms with Crippen molar-refractivity contribution in [1.29, 1.82) is 0 Å². The van der Waals surface area contributed by atoms with Crippen LogP contribution in [0.3, 0.4) is 0 Å². The van der Waals surface area contributed by atoms with Crippen molar-refractivity contribution < 1.29 is 26.3 Å². The topological polar surface area (TPSA) is 42.2 Å². The van der Waals surface area contributed by atoms with Crippen molar-refractivity contribution in [2.24, 2.45) is 0 Å². The Labute approximate surface area is 141 Å². The van der Waals surface area contributed by atoms with Gasteiger partial charge in [-0.15, -0.1) is 0 Å². The molecule has 11 heteroatoms. The third-order valence-corrected chi connectivity index (χ3v) is 3.48. The van der Waals surface area contributed by atoms with Gasteiger partial charge in [-0.1, -0.05) is 11.6 Å². The zero-order valence-corrected chi connectivity index (χ0v) is 12.8. The van der Waals surface area contributed by atoms with E-state index in [1.165, 1.54) is 12.3 Å². The van der Waals surface area contributed by atoms with E-state index in [4.69, 9.17) is 11.6 Å². The monoisotopic (exact) mass is 380 g/mol. The van der Waals surface area contributed by atoms with E-state index in [-0.39, 0.29) is 5.65 Å². The van der Waals surface area contributed by atoms with Crippen molar-refractivity contribution >= 4 is 23.1 Å². The van der Waals surface area contributed by atoms with Gasteiger partial charge in [-0.3, -0.25) is 0 Å². The molecule has 0 aliphatic rings. The summed E-state index contributed by atoms with van der Waals surface area (Å²) in [4.78, 5) is 3.84. The Bertz CT molecular complexity index is 929. The van der Waals surface area contributed by atoms with Crippen LogP contribution in [0.15, 0.2) is 24.4 Å². The fourth-order valence-corrected chi connectivity index (χ4v) is 2.53. The van der Waals surface area contributed by atoms with Crippen LogP contribution < -0.4 is 5.32 Å². The van der Waals surface area contributed by atoms with E-state index in [1.807, 2.05) is 5.32 Å². The summed E-state index contributed by atoms with van der Waals surface area (Å²) in [7, 11) is 0. The van der Waals surface area contributed by atoms with Crippen LogP contribution in [0, 0.1) is 17.5 Å². The van der Waals surface area contributed by atoms with Gasteiger partial charge in [-0.05, 0) is 0 Å². The molecule has 0 radical (unpaired) electrons. The lowest BCUT2D eigenvalue weighted by molar-refractivity contribution is -0.115. The third kappa shape index (κ3) is 3.34. The highest BCUT2D eigenvalue weighted by Gasteiger charge is 2.30. The minimum absolute atomic E-state index is 0.0568. The first-order valence-corrected chi connectivity index (χ1v) is 7.04. The SMILES string of the molecule is Fc1cc(F)c(-c2c(Cl)nc3ccnn3c2NCC(F)(F)F)c(F)c1. The highest BCUT2D eigenvalue weighted by Crippen LogP contribution is 2.38. The molecule has 0 fully saturated rings. The molecule has 2 aromatic heterocycles. The summed E-state index contributed by atoms with van der Waals surface area (Å²) >= 11 is 5.93. The number of nitrogens with one attached hydrogen (secondary N) is 1. The summed E-state index contributed by atoms with van der Waals surface area (Å²) < 4.78 is 80.0. The van der Waals surface area contributed by atoms with Gasteiger partial charge >= 0.3 is 6.18 Å². The Hall–Kier alpha value is -2.49. The fraction of sp³-hybridized carbons (Fsp3) is 0.143. The lowest BCUT2D eigenvalue weighted by Gasteiger charge is -2.17. The Morgan fingerprint density at radius 1 is 1.08 bits per heavy atom. The van der Waals surface area contributed by atoms with Crippen molar-refractivity contribution in [3.63, 3.8) is 0 Å². The predicted octanol–water partition coefficient (Wildman–Crippen LogP) is 4.44. The van der Waals surface area contributed by atoms with E-state index in [0.29, 0.717) is 12.1 Å². The molecule has 2 heterocycles. The highest BCUT2D eigenvalue weighted by atomic mass is 35.5. The molecule has 0 aliphatic heterocycles. The molecule has 0 unspecified atom stereocenters. The molecule has 0 aliphatic carbocycles. The molecular formula is C14H7ClF6N4. The standard InChI is InChI=1S/C14H7ClF6N4/c15-12-11(10-7(17)3-6(16)4-8(10)18)13(22-5-14(19,20)21)25-9(24-12)1-2-23-25/h1-4,22H,5H2. The lowest BCUT2D eigenvalue weighted by atomic mass is 10.1. The number of rotatable bonds is 3. The smallest absolute Gasteiger partial charge is 0.360 e. The van der Waals surface area contributed by atoms with Gasteiger partial charge < -0.3 is 5.32 Å². The average Bonchev–Trinajstić information content (AvgIpc) is 2.92. The van der Waals surface area contributed by atoms with Gasteiger partial charge in [0.15, 0.2) is 5.65 Å². The van der Waals surface area contributed by atoms with Crippen LogP contribution in [0.5, 0.6) is 0 Å². The second-order valence-corrected chi connectivity index (χ2v) is 5.30. The van der Waals surface area contributed by atoms with Crippen molar-refractivity contribution in [2.75, 3.05) is 11.9 Å². The molecule has 0 saturated carbocycles. The molecule has 132 valence electrons. The van der Waals surface area contributed by atoms with Gasteiger partial charge in [0.1, 0.15) is 35.0 Å². The van der Waals surface area contributed by atoms with Crippen molar-refractivity contribution in [3.8, 4) is 11.1 Å². The summed E-state index contributed by atoms with van der Waals surface area (Å²) in [5, 5.41) is 5.31. The molecule has 1 aromatic carbocycles. The Balaban J connectivity index is 2.29. The zero-order valence-electron chi connectivity index (χ0n) is 12.0. The molecule has 25 heavy (non-hydrogen) atoms. The largest absolute Gasteiger partial charge is 0.405 e. The number of hydrogen-bond donors (Lipinski definition) is 1. The maximum Gasteiger partial charge on any atom is 0.405 e. The van der Waals surface area contributed by atoms with E-state index < -0.39 is 52.3 Å². The van der Waals surface area contributed by atoms with Crippen molar-refractivity contribution in [2.45, 2.75) is 6.18 Å². The normalized spacial score (nSPS) is 12.0. The fourth-order valence-electron chi connectivity index (χ4n) is 2.26. The lowest BCUT2D eigenvalue weighted by Crippen LogP contribution is -2.23. The Morgan fingerprint density at radius 2 is 1.72 bits per heavy atom. The van der Waals surface area contributed by atoms with E-state index in [2.05, 4.69) is 10.1 Å². The number of nitrogens with zero attached hydrogens (tertiary/aromatic N) is 3. The summed E-state index contributed by atoms with van der Waals surface area (Å²) in [6.07, 6.45) is -3.40. The second kappa shape index (κ2) is 6.10. The summed E-state index contributed by atoms with van der Waals surface area (Å²) in [6, 6.07) is 2.11. The van der Waals surface area contributed by atoms with E-state index in [9.17, 15) is 26.3 Å². The number of hydrogen-bond acceptors (Lipinski definition) is 3. The van der Waals surface area contributed by atoms with Gasteiger partial charge in [0.05, 0.1) is 17.3 Å². The third-order valence-electron chi connectivity index (χ3n) is 3.20. The molecule has 4 nitrogen and oxygen atoms in total. The van der Waals surface area contributed by atoms with Crippen LogP contribution in [0.2, 0.25) is 5.15 Å². The van der Waals surface area contributed by atoms with Gasteiger partial charge in [-0.2, -0.15) is 22.8 Å². The summed E-state index contributed by atoms with van der Waals surface area (Å²) in [5.74, 6) is -4.31. The molecular weight excluding hydrogens is 374 g/mol. The minimum Gasteiger partial charge on any atom is -0.360 e. The van der Waals surface area contributed by atoms with Crippen molar-refractivity contribution in [3.05, 3.63) is 47.0 Å². The Morgan fingerprint density at radius 3 is 2.32 bits per heavy atom. The predicted molar refractivity (Wildman–Crippen MR) is 77.9 cm³/mol. The number of alkyl halides is 3. The molecule has 1 N–H and O–H groups in total. The maximum atomic E-state index is 14.1.